The third kappa shape index (κ3) is 4.96. The number of allylic oxidation sites excluding steroid dienone is 1. The Balaban J connectivity index is 1.83. The van der Waals surface area contributed by atoms with Crippen molar-refractivity contribution >= 4 is 11.9 Å². The van der Waals surface area contributed by atoms with Crippen LogP contribution in [-0.2, 0) is 9.53 Å². The summed E-state index contributed by atoms with van der Waals surface area (Å²) < 4.78 is 13.1. The highest BCUT2D eigenvalue weighted by molar-refractivity contribution is 5.92. The van der Waals surface area contributed by atoms with Gasteiger partial charge in [0.15, 0.2) is 0 Å². The summed E-state index contributed by atoms with van der Waals surface area (Å²) >= 11 is 0. The molecule has 0 saturated heterocycles. The molecule has 1 atom stereocenters. The molecule has 0 radical (unpaired) electrons. The molecule has 0 amide bonds. The molecule has 3 rings (SSSR count). The first kappa shape index (κ1) is 20.9. The second kappa shape index (κ2) is 10.1. The number of hydrogen-bond acceptors (Lipinski definition) is 6. The lowest BCUT2D eigenvalue weighted by molar-refractivity contribution is -0.139. The fourth-order valence-corrected chi connectivity index (χ4v) is 3.34. The van der Waals surface area contributed by atoms with Crippen molar-refractivity contribution in [1.29, 1.82) is 0 Å². The highest BCUT2D eigenvalue weighted by Gasteiger charge is 2.34. The van der Waals surface area contributed by atoms with Gasteiger partial charge in [0.05, 0.1) is 18.8 Å². The topological polar surface area (TPSA) is 78.3 Å². The molecule has 0 bridgehead atoms. The molecule has 1 aliphatic rings. The van der Waals surface area contributed by atoms with Crippen LogP contribution in [0, 0.1) is 0 Å². The summed E-state index contributed by atoms with van der Waals surface area (Å²) in [5.74, 6) is 1.11. The molecule has 156 valence electrons. The van der Waals surface area contributed by atoms with Crippen molar-refractivity contribution in [1.82, 2.24) is 14.8 Å². The number of esters is 1. The van der Waals surface area contributed by atoms with E-state index in [0.717, 1.165) is 42.7 Å². The minimum absolute atomic E-state index is 0.325. The van der Waals surface area contributed by atoms with E-state index in [1.54, 1.807) is 4.68 Å². The molecular weight excluding hydrogens is 368 g/mol. The van der Waals surface area contributed by atoms with Crippen molar-refractivity contribution < 1.29 is 14.3 Å². The average molecular weight is 399 g/mol. The summed E-state index contributed by atoms with van der Waals surface area (Å²) in [6.45, 7) is 7.23. The van der Waals surface area contributed by atoms with Crippen LogP contribution < -0.4 is 10.1 Å². The molecule has 1 aromatic heterocycles. The lowest BCUT2D eigenvalue weighted by atomic mass is 9.96. The summed E-state index contributed by atoms with van der Waals surface area (Å²) in [4.78, 5) is 17.1. The summed E-state index contributed by atoms with van der Waals surface area (Å²) in [5.41, 5.74) is 2.22. The molecule has 1 N–H and O–H groups in total. The highest BCUT2D eigenvalue weighted by Crippen LogP contribution is 2.35. The van der Waals surface area contributed by atoms with Gasteiger partial charge in [-0.25, -0.2) is 9.48 Å². The van der Waals surface area contributed by atoms with Crippen molar-refractivity contribution in [2.75, 3.05) is 18.5 Å². The number of hydrogen-bond donors (Lipinski definition) is 1. The predicted molar refractivity (Wildman–Crippen MR) is 112 cm³/mol. The Morgan fingerprint density at radius 2 is 1.86 bits per heavy atom. The lowest BCUT2D eigenvalue weighted by Gasteiger charge is -2.28. The van der Waals surface area contributed by atoms with Crippen LogP contribution in [0.15, 0.2) is 41.9 Å². The van der Waals surface area contributed by atoms with Crippen molar-refractivity contribution in [3.63, 3.8) is 0 Å². The van der Waals surface area contributed by atoms with Gasteiger partial charge in [-0.3, -0.25) is 0 Å². The summed E-state index contributed by atoms with van der Waals surface area (Å²) in [6, 6.07) is 7.44. The zero-order valence-corrected chi connectivity index (χ0v) is 17.5. The van der Waals surface area contributed by atoms with Gasteiger partial charge in [0, 0.05) is 5.70 Å². The first-order valence-corrected chi connectivity index (χ1v) is 10.4. The predicted octanol–water partition coefficient (Wildman–Crippen LogP) is 4.48. The Bertz CT molecular complexity index is 842. The smallest absolute Gasteiger partial charge is 0.338 e. The van der Waals surface area contributed by atoms with Gasteiger partial charge >= 0.3 is 5.97 Å². The monoisotopic (exact) mass is 398 g/mol. The number of carbonyl (C=O) groups is 1. The summed E-state index contributed by atoms with van der Waals surface area (Å²) in [5, 5.41) is 7.50. The van der Waals surface area contributed by atoms with Crippen molar-refractivity contribution in [2.45, 2.75) is 58.9 Å². The number of carbonyl (C=O) groups excluding carboxylic acids is 1. The van der Waals surface area contributed by atoms with Crippen LogP contribution >= 0.6 is 0 Å². The molecule has 29 heavy (non-hydrogen) atoms. The molecule has 0 fully saturated rings. The minimum Gasteiger partial charge on any atom is -0.494 e. The van der Waals surface area contributed by atoms with E-state index in [2.05, 4.69) is 29.2 Å². The first-order valence-electron chi connectivity index (χ1n) is 10.4. The van der Waals surface area contributed by atoms with E-state index in [0.29, 0.717) is 24.7 Å². The van der Waals surface area contributed by atoms with E-state index in [1.165, 1.54) is 12.7 Å². The minimum atomic E-state index is -0.392. The van der Waals surface area contributed by atoms with Crippen LogP contribution in [0.5, 0.6) is 5.75 Å². The van der Waals surface area contributed by atoms with Gasteiger partial charge in [-0.1, -0.05) is 45.2 Å². The van der Waals surface area contributed by atoms with E-state index >= 15 is 0 Å². The van der Waals surface area contributed by atoms with Gasteiger partial charge in [0.25, 0.3) is 0 Å². The molecule has 2 aromatic rings. The van der Waals surface area contributed by atoms with E-state index in [-0.39, 0.29) is 5.97 Å². The number of aromatic nitrogens is 3. The van der Waals surface area contributed by atoms with Gasteiger partial charge < -0.3 is 14.8 Å². The largest absolute Gasteiger partial charge is 0.494 e. The van der Waals surface area contributed by atoms with Gasteiger partial charge in [-0.05, 0) is 37.5 Å². The van der Waals surface area contributed by atoms with E-state index in [1.807, 2.05) is 31.2 Å². The molecule has 1 unspecified atom stereocenters. The SMILES string of the molecule is CCCCCOc1ccc(C2C(C(=O)OCCCC)=C(C)Nc3ncnn32)cc1. The van der Waals surface area contributed by atoms with E-state index in [9.17, 15) is 4.79 Å². The van der Waals surface area contributed by atoms with Crippen LogP contribution in [0.2, 0.25) is 0 Å². The second-order valence-corrected chi connectivity index (χ2v) is 7.21. The Hall–Kier alpha value is -2.83. The third-order valence-electron chi connectivity index (χ3n) is 4.96. The fourth-order valence-electron chi connectivity index (χ4n) is 3.34. The Morgan fingerprint density at radius 1 is 1.10 bits per heavy atom. The molecule has 0 aliphatic carbocycles. The standard InChI is InChI=1S/C22H30N4O3/c1-4-6-8-14-28-18-11-9-17(10-12-18)20-19(21(27)29-13-7-5-2)16(3)25-22-23-15-24-26(20)22/h9-12,15,20H,4-8,13-14H2,1-3H3,(H,23,24,25). The van der Waals surface area contributed by atoms with Crippen LogP contribution in [0.25, 0.3) is 0 Å². The molecule has 0 saturated carbocycles. The lowest BCUT2D eigenvalue weighted by Crippen LogP contribution is -2.29. The summed E-state index contributed by atoms with van der Waals surface area (Å²) in [7, 11) is 0. The van der Waals surface area contributed by atoms with Gasteiger partial charge in [0.2, 0.25) is 5.95 Å². The van der Waals surface area contributed by atoms with Crippen LogP contribution in [0.1, 0.15) is 64.5 Å². The van der Waals surface area contributed by atoms with Crippen LogP contribution in [0.4, 0.5) is 5.95 Å². The third-order valence-corrected chi connectivity index (χ3v) is 4.96. The maximum absolute atomic E-state index is 12.9. The molecule has 7 nitrogen and oxygen atoms in total. The van der Waals surface area contributed by atoms with Crippen molar-refractivity contribution in [3.8, 4) is 5.75 Å². The van der Waals surface area contributed by atoms with Crippen LogP contribution in [-0.4, -0.2) is 33.9 Å². The zero-order valence-electron chi connectivity index (χ0n) is 17.5. The highest BCUT2D eigenvalue weighted by atomic mass is 16.5. The molecule has 1 aromatic carbocycles. The molecule has 0 spiro atoms. The van der Waals surface area contributed by atoms with Crippen molar-refractivity contribution in [3.05, 3.63) is 47.4 Å². The quantitative estimate of drug-likeness (QED) is 0.470. The zero-order chi connectivity index (χ0) is 20.6. The number of benzene rings is 1. The number of ether oxygens (including phenoxy) is 2. The normalized spacial score (nSPS) is 15.6. The molecule has 7 heteroatoms. The Morgan fingerprint density at radius 3 is 2.59 bits per heavy atom. The number of nitrogens with zero attached hydrogens (tertiary/aromatic N) is 3. The van der Waals surface area contributed by atoms with Gasteiger partial charge in [-0.15, -0.1) is 0 Å². The van der Waals surface area contributed by atoms with Gasteiger partial charge in [-0.2, -0.15) is 10.1 Å². The first-order chi connectivity index (χ1) is 14.2. The van der Waals surface area contributed by atoms with Gasteiger partial charge in [0.1, 0.15) is 18.1 Å². The second-order valence-electron chi connectivity index (χ2n) is 7.21. The van der Waals surface area contributed by atoms with E-state index in [4.69, 9.17) is 9.47 Å². The van der Waals surface area contributed by atoms with Crippen molar-refractivity contribution in [2.24, 2.45) is 0 Å². The maximum atomic E-state index is 12.9. The maximum Gasteiger partial charge on any atom is 0.338 e. The number of unbranched alkanes of at least 4 members (excludes halogenated alkanes) is 3. The number of rotatable bonds is 10. The Kier molecular flexibility index (Phi) is 7.27. The summed E-state index contributed by atoms with van der Waals surface area (Å²) in [6.07, 6.45) is 6.68. The number of fused-ring (bicyclic) bond motifs is 1. The molecule has 1 aliphatic heterocycles. The van der Waals surface area contributed by atoms with E-state index < -0.39 is 6.04 Å². The molecule has 2 heterocycles. The number of nitrogens with one attached hydrogen (secondary N) is 1. The average Bonchev–Trinajstić information content (AvgIpc) is 3.19. The Labute approximate surface area is 172 Å². The van der Waals surface area contributed by atoms with Crippen LogP contribution in [0.3, 0.4) is 0 Å². The number of anilines is 1. The molecular formula is C22H30N4O3. The fraction of sp³-hybridized carbons (Fsp3) is 0.500.